The fourth-order valence-corrected chi connectivity index (χ4v) is 2.06. The van der Waals surface area contributed by atoms with Crippen molar-refractivity contribution in [3.8, 4) is 0 Å². The molecule has 0 aliphatic heterocycles. The maximum atomic E-state index is 11.8. The predicted octanol–water partition coefficient (Wildman–Crippen LogP) is 2.42. The molecule has 8 heteroatoms. The van der Waals surface area contributed by atoms with Crippen LogP contribution in [0.5, 0.6) is 0 Å². The number of hydrogen-bond acceptors (Lipinski definition) is 4. The summed E-state index contributed by atoms with van der Waals surface area (Å²) in [6, 6.07) is 12.3. The molecule has 3 amide bonds. The molecular formula is C17H16N4O4. The molecule has 0 aliphatic carbocycles. The predicted molar refractivity (Wildman–Crippen MR) is 93.6 cm³/mol. The zero-order valence-corrected chi connectivity index (χ0v) is 13.1. The van der Waals surface area contributed by atoms with Crippen LogP contribution in [-0.4, -0.2) is 16.9 Å². The molecule has 0 bridgehead atoms. The van der Waals surface area contributed by atoms with Crippen LogP contribution in [0.2, 0.25) is 0 Å². The summed E-state index contributed by atoms with van der Waals surface area (Å²) in [5, 5.41) is 16.0. The number of nitrogens with zero attached hydrogens (tertiary/aromatic N) is 1. The Morgan fingerprint density at radius 2 is 1.80 bits per heavy atom. The summed E-state index contributed by atoms with van der Waals surface area (Å²) >= 11 is 0. The van der Waals surface area contributed by atoms with E-state index in [0.717, 1.165) is 5.56 Å². The average molecular weight is 340 g/mol. The van der Waals surface area contributed by atoms with Gasteiger partial charge in [0.25, 0.3) is 5.69 Å². The van der Waals surface area contributed by atoms with Crippen LogP contribution in [0.25, 0.3) is 6.08 Å². The second-order valence-electron chi connectivity index (χ2n) is 5.05. The molecule has 0 radical (unpaired) electrons. The molecule has 0 atom stereocenters. The van der Waals surface area contributed by atoms with Gasteiger partial charge in [-0.3, -0.25) is 14.9 Å². The third-order valence-electron chi connectivity index (χ3n) is 3.24. The number of benzene rings is 2. The van der Waals surface area contributed by atoms with Crippen molar-refractivity contribution in [2.24, 2.45) is 5.73 Å². The molecule has 128 valence electrons. The van der Waals surface area contributed by atoms with Crippen molar-refractivity contribution in [2.75, 3.05) is 5.32 Å². The number of hydrogen-bond donors (Lipinski definition) is 3. The van der Waals surface area contributed by atoms with Gasteiger partial charge in [0.1, 0.15) is 0 Å². The zero-order chi connectivity index (χ0) is 18.2. The number of carbonyl (C=O) groups is 2. The summed E-state index contributed by atoms with van der Waals surface area (Å²) < 4.78 is 0. The molecule has 0 spiro atoms. The van der Waals surface area contributed by atoms with Crippen LogP contribution in [0.3, 0.4) is 0 Å². The Bertz CT molecular complexity index is 816. The average Bonchev–Trinajstić information content (AvgIpc) is 2.59. The first-order chi connectivity index (χ1) is 12.0. The van der Waals surface area contributed by atoms with Crippen molar-refractivity contribution >= 4 is 29.4 Å². The van der Waals surface area contributed by atoms with Gasteiger partial charge < -0.3 is 16.4 Å². The van der Waals surface area contributed by atoms with E-state index < -0.39 is 11.0 Å². The summed E-state index contributed by atoms with van der Waals surface area (Å²) in [4.78, 5) is 33.0. The number of para-hydroxylation sites is 1. The van der Waals surface area contributed by atoms with Crippen molar-refractivity contribution in [1.82, 2.24) is 5.32 Å². The molecule has 2 aromatic carbocycles. The molecule has 0 saturated heterocycles. The fourth-order valence-electron chi connectivity index (χ4n) is 2.06. The van der Waals surface area contributed by atoms with E-state index in [1.165, 1.54) is 18.2 Å². The van der Waals surface area contributed by atoms with Crippen molar-refractivity contribution in [2.45, 2.75) is 6.54 Å². The van der Waals surface area contributed by atoms with Crippen LogP contribution < -0.4 is 16.4 Å². The Labute approximate surface area is 143 Å². The van der Waals surface area contributed by atoms with Gasteiger partial charge in [0.05, 0.1) is 10.5 Å². The van der Waals surface area contributed by atoms with E-state index in [4.69, 9.17) is 5.73 Å². The van der Waals surface area contributed by atoms with Crippen LogP contribution in [0.1, 0.15) is 11.1 Å². The van der Waals surface area contributed by atoms with Gasteiger partial charge in [0.2, 0.25) is 5.91 Å². The molecule has 0 heterocycles. The number of nitro groups is 1. The fraction of sp³-hybridized carbons (Fsp3) is 0.0588. The van der Waals surface area contributed by atoms with E-state index in [-0.39, 0.29) is 18.1 Å². The van der Waals surface area contributed by atoms with Gasteiger partial charge in [-0.1, -0.05) is 24.3 Å². The third-order valence-corrected chi connectivity index (χ3v) is 3.24. The lowest BCUT2D eigenvalue weighted by molar-refractivity contribution is -0.385. The van der Waals surface area contributed by atoms with Crippen LogP contribution in [-0.2, 0) is 11.3 Å². The number of nitrogens with one attached hydrogen (secondary N) is 2. The van der Waals surface area contributed by atoms with Crippen molar-refractivity contribution < 1.29 is 14.5 Å². The number of rotatable bonds is 6. The zero-order valence-electron chi connectivity index (χ0n) is 13.1. The highest BCUT2D eigenvalue weighted by Gasteiger charge is 2.09. The minimum Gasteiger partial charge on any atom is -0.351 e. The van der Waals surface area contributed by atoms with Crippen LogP contribution in [0, 0.1) is 10.1 Å². The highest BCUT2D eigenvalue weighted by atomic mass is 16.6. The number of amides is 3. The number of primary amides is 1. The minimum absolute atomic E-state index is 0.0657. The monoisotopic (exact) mass is 340 g/mol. The molecule has 0 fully saturated rings. The van der Waals surface area contributed by atoms with Gasteiger partial charge in [-0.15, -0.1) is 0 Å². The van der Waals surface area contributed by atoms with E-state index in [1.807, 2.05) is 0 Å². The van der Waals surface area contributed by atoms with Crippen LogP contribution in [0.4, 0.5) is 16.2 Å². The number of nitrogens with two attached hydrogens (primary N) is 1. The molecule has 0 aromatic heterocycles. The molecule has 2 aromatic rings. The van der Waals surface area contributed by atoms with Crippen LogP contribution in [0.15, 0.2) is 54.6 Å². The lowest BCUT2D eigenvalue weighted by Crippen LogP contribution is -2.20. The molecule has 4 N–H and O–H groups in total. The SMILES string of the molecule is NC(=O)Nc1ccc(CNC(=O)/C=C/c2ccccc2[N+](=O)[O-])cc1. The van der Waals surface area contributed by atoms with Crippen molar-refractivity contribution in [3.05, 3.63) is 75.8 Å². The van der Waals surface area contributed by atoms with Gasteiger partial charge >= 0.3 is 6.03 Å². The van der Waals surface area contributed by atoms with Gasteiger partial charge in [-0.25, -0.2) is 4.79 Å². The summed E-state index contributed by atoms with van der Waals surface area (Å²) in [6.07, 6.45) is 2.64. The van der Waals surface area contributed by atoms with Crippen molar-refractivity contribution in [1.29, 1.82) is 0 Å². The largest absolute Gasteiger partial charge is 0.351 e. The summed E-state index contributed by atoms with van der Waals surface area (Å²) in [6.45, 7) is 0.275. The smallest absolute Gasteiger partial charge is 0.316 e. The Morgan fingerprint density at radius 3 is 2.44 bits per heavy atom. The molecule has 0 aliphatic rings. The van der Waals surface area contributed by atoms with E-state index >= 15 is 0 Å². The topological polar surface area (TPSA) is 127 Å². The molecule has 0 saturated carbocycles. The molecule has 0 unspecified atom stereocenters. The van der Waals surface area contributed by atoms with E-state index in [2.05, 4.69) is 10.6 Å². The number of carbonyl (C=O) groups excluding carboxylic acids is 2. The number of nitro benzene ring substituents is 1. The Hall–Kier alpha value is -3.68. The van der Waals surface area contributed by atoms with Gasteiger partial charge in [-0.05, 0) is 29.8 Å². The lowest BCUT2D eigenvalue weighted by Gasteiger charge is -2.05. The molecular weight excluding hydrogens is 324 g/mol. The van der Waals surface area contributed by atoms with E-state index in [0.29, 0.717) is 11.3 Å². The standard InChI is InChI=1S/C17H16N4O4/c18-17(23)20-14-8-5-12(6-9-14)11-19-16(22)10-7-13-3-1-2-4-15(13)21(24)25/h1-10H,11H2,(H,19,22)(H3,18,20,23)/b10-7+. The van der Waals surface area contributed by atoms with Gasteiger partial charge in [0, 0.05) is 24.4 Å². The first-order valence-corrected chi connectivity index (χ1v) is 7.30. The van der Waals surface area contributed by atoms with Crippen LogP contribution >= 0.6 is 0 Å². The molecule has 25 heavy (non-hydrogen) atoms. The second kappa shape index (κ2) is 8.25. The first-order valence-electron chi connectivity index (χ1n) is 7.30. The Morgan fingerprint density at radius 1 is 1.12 bits per heavy atom. The summed E-state index contributed by atoms with van der Waals surface area (Å²) in [5.41, 5.74) is 6.68. The Kier molecular flexibility index (Phi) is 5.83. The quantitative estimate of drug-likeness (QED) is 0.424. The normalized spacial score (nSPS) is 10.4. The highest BCUT2D eigenvalue weighted by Crippen LogP contribution is 2.18. The third kappa shape index (κ3) is 5.47. The second-order valence-corrected chi connectivity index (χ2v) is 5.05. The molecule has 2 rings (SSSR count). The van der Waals surface area contributed by atoms with E-state index in [9.17, 15) is 19.7 Å². The van der Waals surface area contributed by atoms with E-state index in [1.54, 1.807) is 42.5 Å². The summed E-state index contributed by atoms with van der Waals surface area (Å²) in [5.74, 6) is -0.377. The number of anilines is 1. The Balaban J connectivity index is 1.92. The maximum absolute atomic E-state index is 11.8. The minimum atomic E-state index is -0.652. The lowest BCUT2D eigenvalue weighted by atomic mass is 10.1. The first kappa shape index (κ1) is 17.7. The number of urea groups is 1. The summed E-state index contributed by atoms with van der Waals surface area (Å²) in [7, 11) is 0. The highest BCUT2D eigenvalue weighted by molar-refractivity contribution is 5.92. The van der Waals surface area contributed by atoms with Gasteiger partial charge in [-0.2, -0.15) is 0 Å². The molecule has 8 nitrogen and oxygen atoms in total. The van der Waals surface area contributed by atoms with Crippen molar-refractivity contribution in [3.63, 3.8) is 0 Å². The maximum Gasteiger partial charge on any atom is 0.316 e. The van der Waals surface area contributed by atoms with Gasteiger partial charge in [0.15, 0.2) is 0 Å².